The molecule has 7 heteroatoms. The third-order valence-corrected chi connectivity index (χ3v) is 8.53. The Morgan fingerprint density at radius 2 is 1.68 bits per heavy atom. The summed E-state index contributed by atoms with van der Waals surface area (Å²) < 4.78 is -0.494. The molecule has 0 bridgehead atoms. The van der Waals surface area contributed by atoms with E-state index in [0.29, 0.717) is 5.56 Å². The van der Waals surface area contributed by atoms with Crippen LogP contribution < -0.4 is 10.6 Å². The highest BCUT2D eigenvalue weighted by atomic mass is 32.2. The van der Waals surface area contributed by atoms with Gasteiger partial charge in [0, 0.05) is 10.3 Å². The molecule has 3 amide bonds. The number of hydrogen-bond donors (Lipinski definition) is 2. The van der Waals surface area contributed by atoms with Gasteiger partial charge in [-0.05, 0) is 43.9 Å². The van der Waals surface area contributed by atoms with Crippen molar-refractivity contribution in [1.29, 1.82) is 0 Å². The topological polar surface area (TPSA) is 78.5 Å². The van der Waals surface area contributed by atoms with Crippen LogP contribution in [0.2, 0.25) is 0 Å². The zero-order valence-corrected chi connectivity index (χ0v) is 21.2. The number of nitrogens with zero attached hydrogens (tertiary/aromatic N) is 1. The number of carbonyl (C=O) groups is 3. The monoisotopic (exact) mass is 479 g/mol. The van der Waals surface area contributed by atoms with E-state index in [-0.39, 0.29) is 35.1 Å². The van der Waals surface area contributed by atoms with Crippen LogP contribution in [0, 0.1) is 5.92 Å². The highest BCUT2D eigenvalue weighted by Gasteiger charge is 2.57. The van der Waals surface area contributed by atoms with Crippen LogP contribution in [0.15, 0.2) is 54.6 Å². The molecule has 2 heterocycles. The number of rotatable bonds is 7. The van der Waals surface area contributed by atoms with E-state index in [0.717, 1.165) is 17.5 Å². The Kier molecular flexibility index (Phi) is 6.76. The standard InChI is InChI=1S/C27H33N3O3S/c1-6-16(2)21(23(31)28-17(3)18-12-8-7-9-13-18)29-24(32)22-27(4,5)34-26-20-15-11-10-14-19(20)25(33)30(22)26/h7-17,21-22,26H,6H2,1-5H3,(H,28,31)(H,29,32)/t16?,17?,21-,22+,26?/m0/s1. The molecule has 5 atom stereocenters. The first-order valence-corrected chi connectivity index (χ1v) is 12.8. The number of hydrogen-bond acceptors (Lipinski definition) is 4. The molecule has 0 aromatic heterocycles. The summed E-state index contributed by atoms with van der Waals surface area (Å²) in [4.78, 5) is 41.9. The lowest BCUT2D eigenvalue weighted by molar-refractivity contribution is -0.133. The second-order valence-electron chi connectivity index (χ2n) is 9.79. The van der Waals surface area contributed by atoms with Crippen molar-refractivity contribution < 1.29 is 14.4 Å². The Labute approximate surface area is 205 Å². The van der Waals surface area contributed by atoms with Crippen LogP contribution in [-0.2, 0) is 9.59 Å². The molecule has 0 radical (unpaired) electrons. The van der Waals surface area contributed by atoms with Gasteiger partial charge < -0.3 is 15.5 Å². The fourth-order valence-corrected chi connectivity index (χ4v) is 6.46. The number of benzene rings is 2. The van der Waals surface area contributed by atoms with Crippen molar-refractivity contribution in [2.24, 2.45) is 5.92 Å². The quantitative estimate of drug-likeness (QED) is 0.615. The van der Waals surface area contributed by atoms with Gasteiger partial charge in [0.05, 0.1) is 6.04 Å². The molecular weight excluding hydrogens is 446 g/mol. The normalized spacial score (nSPS) is 23.0. The van der Waals surface area contributed by atoms with Gasteiger partial charge in [-0.15, -0.1) is 11.8 Å². The van der Waals surface area contributed by atoms with Gasteiger partial charge in [-0.25, -0.2) is 0 Å². The van der Waals surface area contributed by atoms with Gasteiger partial charge in [0.2, 0.25) is 11.8 Å². The average molecular weight is 480 g/mol. The van der Waals surface area contributed by atoms with Gasteiger partial charge in [-0.1, -0.05) is 68.8 Å². The smallest absolute Gasteiger partial charge is 0.256 e. The summed E-state index contributed by atoms with van der Waals surface area (Å²) in [5.41, 5.74) is 2.61. The predicted octanol–water partition coefficient (Wildman–Crippen LogP) is 4.44. The van der Waals surface area contributed by atoms with Crippen molar-refractivity contribution in [3.05, 3.63) is 71.3 Å². The Hall–Kier alpha value is -2.80. The maximum absolute atomic E-state index is 13.7. The predicted molar refractivity (Wildman–Crippen MR) is 135 cm³/mol. The molecule has 180 valence electrons. The van der Waals surface area contributed by atoms with Gasteiger partial charge in [0.1, 0.15) is 17.5 Å². The summed E-state index contributed by atoms with van der Waals surface area (Å²) in [6.07, 6.45) is 0.734. The Bertz CT molecular complexity index is 1090. The van der Waals surface area contributed by atoms with Crippen molar-refractivity contribution in [3.8, 4) is 0 Å². The number of thioether (sulfide) groups is 1. The van der Waals surface area contributed by atoms with E-state index in [1.807, 2.05) is 89.2 Å². The number of nitrogens with one attached hydrogen (secondary N) is 2. The van der Waals surface area contributed by atoms with Crippen molar-refractivity contribution in [3.63, 3.8) is 0 Å². The lowest BCUT2D eigenvalue weighted by Crippen LogP contribution is -2.58. The molecule has 3 unspecified atom stereocenters. The van der Waals surface area contributed by atoms with Crippen molar-refractivity contribution in [2.45, 2.75) is 69.3 Å². The second kappa shape index (κ2) is 9.45. The summed E-state index contributed by atoms with van der Waals surface area (Å²) in [5, 5.41) is 5.89. The first kappa shape index (κ1) is 24.3. The van der Waals surface area contributed by atoms with Crippen LogP contribution in [0.5, 0.6) is 0 Å². The highest BCUT2D eigenvalue weighted by molar-refractivity contribution is 8.01. The van der Waals surface area contributed by atoms with E-state index >= 15 is 0 Å². The molecule has 4 rings (SSSR count). The molecule has 2 aliphatic heterocycles. The summed E-state index contributed by atoms with van der Waals surface area (Å²) in [5.74, 6) is -0.684. The number of amides is 3. The van der Waals surface area contributed by atoms with Gasteiger partial charge in [0.15, 0.2) is 0 Å². The minimum absolute atomic E-state index is 0.0636. The van der Waals surface area contributed by atoms with Gasteiger partial charge >= 0.3 is 0 Å². The molecular formula is C27H33N3O3S. The molecule has 0 saturated carbocycles. The Morgan fingerprint density at radius 1 is 1.03 bits per heavy atom. The lowest BCUT2D eigenvalue weighted by atomic mass is 9.95. The molecule has 6 nitrogen and oxygen atoms in total. The van der Waals surface area contributed by atoms with Gasteiger partial charge in [-0.2, -0.15) is 0 Å². The first-order valence-electron chi connectivity index (χ1n) is 11.9. The van der Waals surface area contributed by atoms with Crippen LogP contribution >= 0.6 is 11.8 Å². The van der Waals surface area contributed by atoms with Gasteiger partial charge in [0.25, 0.3) is 5.91 Å². The molecule has 0 spiro atoms. The van der Waals surface area contributed by atoms with E-state index in [2.05, 4.69) is 10.6 Å². The summed E-state index contributed by atoms with van der Waals surface area (Å²) in [7, 11) is 0. The van der Waals surface area contributed by atoms with Gasteiger partial charge in [-0.3, -0.25) is 14.4 Å². The van der Waals surface area contributed by atoms with E-state index in [1.54, 1.807) is 16.7 Å². The molecule has 34 heavy (non-hydrogen) atoms. The van der Waals surface area contributed by atoms with E-state index < -0.39 is 16.8 Å². The average Bonchev–Trinajstić information content (AvgIpc) is 3.26. The third-order valence-electron chi connectivity index (χ3n) is 7.00. The molecule has 2 N–H and O–H groups in total. The maximum atomic E-state index is 13.7. The van der Waals surface area contributed by atoms with Crippen LogP contribution in [0.4, 0.5) is 0 Å². The minimum Gasteiger partial charge on any atom is -0.348 e. The fraction of sp³-hybridized carbons (Fsp3) is 0.444. The van der Waals surface area contributed by atoms with E-state index in [1.165, 1.54) is 0 Å². The third kappa shape index (κ3) is 4.33. The molecule has 2 aromatic rings. The molecule has 2 aromatic carbocycles. The summed E-state index contributed by atoms with van der Waals surface area (Å²) in [6, 6.07) is 15.8. The fourth-order valence-electron chi connectivity index (χ4n) is 4.87. The van der Waals surface area contributed by atoms with Crippen molar-refractivity contribution in [2.75, 3.05) is 0 Å². The summed E-state index contributed by atoms with van der Waals surface area (Å²) >= 11 is 1.62. The molecule has 2 aliphatic rings. The lowest BCUT2D eigenvalue weighted by Gasteiger charge is -2.32. The number of fused-ring (bicyclic) bond motifs is 3. The SMILES string of the molecule is CCC(C)[C@H](NC(=O)[C@H]1N2C(=O)c3ccccc3C2SC1(C)C)C(=O)NC(C)c1ccccc1. The number of carbonyl (C=O) groups excluding carboxylic acids is 3. The van der Waals surface area contributed by atoms with Crippen LogP contribution in [0.25, 0.3) is 0 Å². The highest BCUT2D eigenvalue weighted by Crippen LogP contribution is 2.56. The molecule has 0 aliphatic carbocycles. The molecule has 1 saturated heterocycles. The van der Waals surface area contributed by atoms with E-state index in [4.69, 9.17) is 0 Å². The van der Waals surface area contributed by atoms with Crippen molar-refractivity contribution in [1.82, 2.24) is 15.5 Å². The zero-order chi connectivity index (χ0) is 24.6. The van der Waals surface area contributed by atoms with Crippen molar-refractivity contribution >= 4 is 29.5 Å². The minimum atomic E-state index is -0.691. The first-order chi connectivity index (χ1) is 16.2. The largest absolute Gasteiger partial charge is 0.348 e. The van der Waals surface area contributed by atoms with Crippen LogP contribution in [0.1, 0.15) is 73.9 Å². The Morgan fingerprint density at radius 3 is 2.35 bits per heavy atom. The van der Waals surface area contributed by atoms with Crippen LogP contribution in [-0.4, -0.2) is 39.5 Å². The molecule has 1 fully saturated rings. The Balaban J connectivity index is 1.55. The summed E-state index contributed by atoms with van der Waals surface area (Å²) in [6.45, 7) is 9.89. The van der Waals surface area contributed by atoms with E-state index in [9.17, 15) is 14.4 Å². The maximum Gasteiger partial charge on any atom is 0.256 e. The second-order valence-corrected chi connectivity index (χ2v) is 11.5. The van der Waals surface area contributed by atoms with Crippen LogP contribution in [0.3, 0.4) is 0 Å². The zero-order valence-electron chi connectivity index (χ0n) is 20.4.